The third-order valence-electron chi connectivity index (χ3n) is 3.39. The van der Waals surface area contributed by atoms with E-state index in [1.165, 1.54) is 22.0 Å². The van der Waals surface area contributed by atoms with Crippen molar-refractivity contribution in [3.63, 3.8) is 0 Å². The number of benzene rings is 2. The summed E-state index contributed by atoms with van der Waals surface area (Å²) in [5.41, 5.74) is 3.94. The predicted molar refractivity (Wildman–Crippen MR) is 72.3 cm³/mol. The van der Waals surface area contributed by atoms with Crippen LogP contribution in [-0.2, 0) is 0 Å². The van der Waals surface area contributed by atoms with Crippen LogP contribution in [0.1, 0.15) is 24.0 Å². The Balaban J connectivity index is 2.10. The number of H-pyrrole nitrogens is 1. The maximum atomic E-state index is 3.34. The van der Waals surface area contributed by atoms with Gasteiger partial charge in [0, 0.05) is 23.0 Å². The lowest BCUT2D eigenvalue weighted by molar-refractivity contribution is 0.932. The van der Waals surface area contributed by atoms with Crippen molar-refractivity contribution >= 4 is 10.9 Å². The summed E-state index contributed by atoms with van der Waals surface area (Å²) in [6.07, 6.45) is 2.13. The summed E-state index contributed by atoms with van der Waals surface area (Å²) in [5, 5.41) is 1.32. The van der Waals surface area contributed by atoms with Gasteiger partial charge >= 0.3 is 0 Å². The van der Waals surface area contributed by atoms with Crippen LogP contribution in [-0.4, -0.2) is 4.98 Å². The van der Waals surface area contributed by atoms with Crippen LogP contribution in [0.15, 0.2) is 60.8 Å². The van der Waals surface area contributed by atoms with Gasteiger partial charge in [-0.3, -0.25) is 0 Å². The van der Waals surface area contributed by atoms with Gasteiger partial charge in [-0.2, -0.15) is 0 Å². The molecule has 1 heteroatoms. The molecule has 3 rings (SSSR count). The minimum atomic E-state index is 0.423. The van der Waals surface area contributed by atoms with E-state index >= 15 is 0 Å². The second-order valence-corrected chi connectivity index (χ2v) is 4.42. The van der Waals surface area contributed by atoms with Crippen LogP contribution in [0.25, 0.3) is 10.9 Å². The van der Waals surface area contributed by atoms with Crippen molar-refractivity contribution in [1.29, 1.82) is 0 Å². The van der Waals surface area contributed by atoms with Crippen molar-refractivity contribution in [3.8, 4) is 0 Å². The first-order valence-electron chi connectivity index (χ1n) is 5.97. The number of nitrogens with one attached hydrogen (secondary N) is 1. The van der Waals surface area contributed by atoms with Crippen LogP contribution in [0, 0.1) is 0 Å². The number of aromatic nitrogens is 1. The molecule has 3 aromatic rings. The van der Waals surface area contributed by atoms with Gasteiger partial charge in [0.05, 0.1) is 0 Å². The Labute approximate surface area is 101 Å². The fourth-order valence-electron chi connectivity index (χ4n) is 2.37. The van der Waals surface area contributed by atoms with E-state index < -0.39 is 0 Å². The molecule has 0 radical (unpaired) electrons. The molecular formula is C16H15N. The number of aromatic amines is 1. The Bertz CT molecular complexity index is 622. The summed E-state index contributed by atoms with van der Waals surface area (Å²) in [6, 6.07) is 19.1. The third kappa shape index (κ3) is 1.74. The SMILES string of the molecule is C[C@@H](c1ccccc1)c1c[nH]c2ccccc12. The first kappa shape index (κ1) is 10.2. The Morgan fingerprint density at radius 1 is 0.882 bits per heavy atom. The van der Waals surface area contributed by atoms with Gasteiger partial charge in [-0.05, 0) is 17.2 Å². The zero-order chi connectivity index (χ0) is 11.7. The van der Waals surface area contributed by atoms with Crippen molar-refractivity contribution < 1.29 is 0 Å². The van der Waals surface area contributed by atoms with Gasteiger partial charge in [-0.1, -0.05) is 55.5 Å². The van der Waals surface area contributed by atoms with E-state index in [0.717, 1.165) is 0 Å². The van der Waals surface area contributed by atoms with Gasteiger partial charge in [0.15, 0.2) is 0 Å². The molecule has 0 aliphatic heterocycles. The van der Waals surface area contributed by atoms with Gasteiger partial charge in [0.2, 0.25) is 0 Å². The monoisotopic (exact) mass is 221 g/mol. The third-order valence-corrected chi connectivity index (χ3v) is 3.39. The summed E-state index contributed by atoms with van der Waals surface area (Å²) in [6.45, 7) is 2.25. The highest BCUT2D eigenvalue weighted by atomic mass is 14.7. The van der Waals surface area contributed by atoms with Crippen LogP contribution in [0.5, 0.6) is 0 Å². The molecule has 84 valence electrons. The highest BCUT2D eigenvalue weighted by Gasteiger charge is 2.12. The number of hydrogen-bond acceptors (Lipinski definition) is 0. The first-order chi connectivity index (χ1) is 8.36. The average Bonchev–Trinajstić information content (AvgIpc) is 2.83. The van der Waals surface area contributed by atoms with Crippen molar-refractivity contribution in [3.05, 3.63) is 71.9 Å². The minimum Gasteiger partial charge on any atom is -0.361 e. The summed E-state index contributed by atoms with van der Waals surface area (Å²) >= 11 is 0. The Morgan fingerprint density at radius 2 is 1.59 bits per heavy atom. The van der Waals surface area contributed by atoms with Gasteiger partial charge in [0.1, 0.15) is 0 Å². The molecule has 0 amide bonds. The number of hydrogen-bond donors (Lipinski definition) is 1. The highest BCUT2D eigenvalue weighted by molar-refractivity contribution is 5.84. The molecule has 1 atom stereocenters. The molecule has 1 nitrogen and oxygen atoms in total. The Hall–Kier alpha value is -2.02. The molecule has 17 heavy (non-hydrogen) atoms. The lowest BCUT2D eigenvalue weighted by atomic mass is 9.93. The molecule has 0 aliphatic carbocycles. The van der Waals surface area contributed by atoms with Crippen LogP contribution in [0.4, 0.5) is 0 Å². The maximum absolute atomic E-state index is 3.34. The predicted octanol–water partition coefficient (Wildman–Crippen LogP) is 4.32. The summed E-state index contributed by atoms with van der Waals surface area (Å²) in [5.74, 6) is 0.423. The molecule has 0 unspecified atom stereocenters. The molecule has 0 saturated carbocycles. The Morgan fingerprint density at radius 3 is 2.41 bits per heavy atom. The largest absolute Gasteiger partial charge is 0.361 e. The lowest BCUT2D eigenvalue weighted by Gasteiger charge is -2.10. The minimum absolute atomic E-state index is 0.423. The summed E-state index contributed by atoms with van der Waals surface area (Å²) in [4.78, 5) is 3.34. The van der Waals surface area contributed by atoms with Crippen molar-refractivity contribution in [2.24, 2.45) is 0 Å². The van der Waals surface area contributed by atoms with Crippen LogP contribution >= 0.6 is 0 Å². The van der Waals surface area contributed by atoms with Gasteiger partial charge in [-0.25, -0.2) is 0 Å². The van der Waals surface area contributed by atoms with Crippen molar-refractivity contribution in [1.82, 2.24) is 4.98 Å². The molecule has 2 aromatic carbocycles. The van der Waals surface area contributed by atoms with E-state index in [4.69, 9.17) is 0 Å². The molecule has 1 N–H and O–H groups in total. The van der Waals surface area contributed by atoms with E-state index in [1.807, 2.05) is 0 Å². The molecule has 0 spiro atoms. The topological polar surface area (TPSA) is 15.8 Å². The average molecular weight is 221 g/mol. The van der Waals surface area contributed by atoms with E-state index in [2.05, 4.69) is 72.7 Å². The van der Waals surface area contributed by atoms with E-state index in [-0.39, 0.29) is 0 Å². The number of fused-ring (bicyclic) bond motifs is 1. The lowest BCUT2D eigenvalue weighted by Crippen LogP contribution is -1.94. The molecular weight excluding hydrogens is 206 g/mol. The van der Waals surface area contributed by atoms with E-state index in [9.17, 15) is 0 Å². The normalized spacial score (nSPS) is 12.8. The van der Waals surface area contributed by atoms with E-state index in [0.29, 0.717) is 5.92 Å². The van der Waals surface area contributed by atoms with Gasteiger partial charge in [0.25, 0.3) is 0 Å². The second kappa shape index (κ2) is 4.10. The van der Waals surface area contributed by atoms with Crippen molar-refractivity contribution in [2.75, 3.05) is 0 Å². The molecule has 0 bridgehead atoms. The summed E-state index contributed by atoms with van der Waals surface area (Å²) in [7, 11) is 0. The highest BCUT2D eigenvalue weighted by Crippen LogP contribution is 2.29. The number of rotatable bonds is 2. The Kier molecular flexibility index (Phi) is 2.45. The maximum Gasteiger partial charge on any atom is 0.0457 e. The van der Waals surface area contributed by atoms with Gasteiger partial charge < -0.3 is 4.98 Å². The second-order valence-electron chi connectivity index (χ2n) is 4.42. The van der Waals surface area contributed by atoms with E-state index in [1.54, 1.807) is 0 Å². The fraction of sp³-hybridized carbons (Fsp3) is 0.125. The smallest absolute Gasteiger partial charge is 0.0457 e. The van der Waals surface area contributed by atoms with Crippen LogP contribution < -0.4 is 0 Å². The zero-order valence-electron chi connectivity index (χ0n) is 9.85. The molecule has 0 saturated heterocycles. The molecule has 1 aromatic heterocycles. The van der Waals surface area contributed by atoms with Crippen molar-refractivity contribution in [2.45, 2.75) is 12.8 Å². The number of para-hydroxylation sites is 1. The standard InChI is InChI=1S/C16H15N/c1-12(13-7-3-2-4-8-13)15-11-17-16-10-6-5-9-14(15)16/h2-12,17H,1H3/t12-/m0/s1. The molecule has 0 fully saturated rings. The fourth-order valence-corrected chi connectivity index (χ4v) is 2.37. The van der Waals surface area contributed by atoms with Crippen LogP contribution in [0.3, 0.4) is 0 Å². The molecule has 1 heterocycles. The molecule has 0 aliphatic rings. The quantitative estimate of drug-likeness (QED) is 0.663. The first-order valence-corrected chi connectivity index (χ1v) is 5.97. The van der Waals surface area contributed by atoms with Gasteiger partial charge in [-0.15, -0.1) is 0 Å². The van der Waals surface area contributed by atoms with Crippen LogP contribution in [0.2, 0.25) is 0 Å². The zero-order valence-corrected chi connectivity index (χ0v) is 9.85. The summed E-state index contributed by atoms with van der Waals surface area (Å²) < 4.78 is 0.